The predicted octanol–water partition coefficient (Wildman–Crippen LogP) is 0.801. The predicted molar refractivity (Wildman–Crippen MR) is 47.1 cm³/mol. The Labute approximate surface area is 68.7 Å². The summed E-state index contributed by atoms with van der Waals surface area (Å²) in [5.74, 6) is 0. The highest BCUT2D eigenvalue weighted by atomic mass is 15.0. The van der Waals surface area contributed by atoms with Crippen molar-refractivity contribution in [2.75, 3.05) is 7.05 Å². The average molecular weight is 149 g/mol. The largest absolute Gasteiger partial charge is 0.467 e. The van der Waals surface area contributed by atoms with Gasteiger partial charge in [0.2, 0.25) is 0 Å². The molecule has 1 N–H and O–H groups in total. The molecule has 1 nitrogen and oxygen atoms in total. The van der Waals surface area contributed by atoms with Crippen LogP contribution in [0.4, 0.5) is 0 Å². The van der Waals surface area contributed by atoms with Gasteiger partial charge >= 0.3 is 0 Å². The molecule has 0 fully saturated rings. The third kappa shape index (κ3) is 2.72. The normalized spacial score (nSPS) is 13.0. The summed E-state index contributed by atoms with van der Waals surface area (Å²) < 4.78 is 0. The zero-order chi connectivity index (χ0) is 8.27. The quantitative estimate of drug-likeness (QED) is 0.593. The van der Waals surface area contributed by atoms with Gasteiger partial charge in [-0.25, -0.2) is 0 Å². The van der Waals surface area contributed by atoms with Crippen LogP contribution in [-0.4, -0.2) is 7.05 Å². The number of aryl methyl sites for hydroxylation is 1. The van der Waals surface area contributed by atoms with E-state index in [4.69, 9.17) is 0 Å². The number of benzene rings is 1. The molecule has 0 aliphatic carbocycles. The van der Waals surface area contributed by atoms with E-state index in [1.54, 1.807) is 0 Å². The van der Waals surface area contributed by atoms with E-state index in [1.165, 1.54) is 16.0 Å². The van der Waals surface area contributed by atoms with Crippen molar-refractivity contribution in [1.29, 1.82) is 0 Å². The Kier molecular flexibility index (Phi) is 2.66. The lowest BCUT2D eigenvalue weighted by atomic mass is 10.1. The molecular weight excluding hydrogens is 134 g/mol. The van der Waals surface area contributed by atoms with E-state index < -0.39 is 0 Å². The molecule has 0 aromatic heterocycles. The van der Waals surface area contributed by atoms with Crippen molar-refractivity contribution in [3.8, 4) is 0 Å². The summed E-state index contributed by atoms with van der Waals surface area (Å²) in [6, 6.07) is 8.59. The van der Waals surface area contributed by atoms with Crippen molar-refractivity contribution in [3.05, 3.63) is 42.4 Å². The highest BCUT2D eigenvalue weighted by molar-refractivity contribution is 5.20. The SMILES string of the molecule is [CH2-][NH+](C)Cc1ccc(C)cc1. The smallest absolute Gasteiger partial charge is 0.0785 e. The van der Waals surface area contributed by atoms with Gasteiger partial charge in [0, 0.05) is 12.6 Å². The Morgan fingerprint density at radius 1 is 1.27 bits per heavy atom. The minimum atomic E-state index is 1.00. The van der Waals surface area contributed by atoms with Crippen LogP contribution in [0.15, 0.2) is 24.3 Å². The van der Waals surface area contributed by atoms with Gasteiger partial charge in [-0.05, 0) is 6.92 Å². The van der Waals surface area contributed by atoms with E-state index in [-0.39, 0.29) is 0 Å². The van der Waals surface area contributed by atoms with Gasteiger partial charge in [0.1, 0.15) is 0 Å². The molecule has 0 saturated carbocycles. The van der Waals surface area contributed by atoms with Gasteiger partial charge in [-0.3, -0.25) is 0 Å². The van der Waals surface area contributed by atoms with Crippen LogP contribution in [0.5, 0.6) is 0 Å². The zero-order valence-corrected chi connectivity index (χ0v) is 7.22. The minimum absolute atomic E-state index is 1.00. The molecule has 1 rings (SSSR count). The molecule has 0 aliphatic heterocycles. The van der Waals surface area contributed by atoms with E-state index in [2.05, 4.69) is 45.3 Å². The van der Waals surface area contributed by atoms with Crippen molar-refractivity contribution < 1.29 is 4.90 Å². The molecule has 1 aromatic carbocycles. The molecule has 0 radical (unpaired) electrons. The number of rotatable bonds is 2. The van der Waals surface area contributed by atoms with Gasteiger partial charge in [0.15, 0.2) is 0 Å². The molecule has 0 bridgehead atoms. The third-order valence-corrected chi connectivity index (χ3v) is 1.63. The van der Waals surface area contributed by atoms with E-state index >= 15 is 0 Å². The maximum atomic E-state index is 3.87. The fraction of sp³-hybridized carbons (Fsp3) is 0.300. The molecule has 0 heterocycles. The lowest BCUT2D eigenvalue weighted by Gasteiger charge is -2.13. The second kappa shape index (κ2) is 3.54. The molecule has 0 aliphatic rings. The Morgan fingerprint density at radius 3 is 2.27 bits per heavy atom. The third-order valence-electron chi connectivity index (χ3n) is 1.63. The second-order valence-corrected chi connectivity index (χ2v) is 3.12. The summed E-state index contributed by atoms with van der Waals surface area (Å²) in [5, 5.41) is 0. The summed E-state index contributed by atoms with van der Waals surface area (Å²) >= 11 is 0. The molecule has 1 aromatic rings. The Balaban J connectivity index is 2.66. The van der Waals surface area contributed by atoms with Crippen LogP contribution in [0, 0.1) is 14.0 Å². The Bertz CT molecular complexity index is 211. The molecule has 11 heavy (non-hydrogen) atoms. The van der Waals surface area contributed by atoms with Crippen molar-refractivity contribution >= 4 is 0 Å². The topological polar surface area (TPSA) is 4.44 Å². The van der Waals surface area contributed by atoms with Crippen molar-refractivity contribution in [2.24, 2.45) is 0 Å². The number of hydrogen-bond donors (Lipinski definition) is 1. The fourth-order valence-corrected chi connectivity index (χ4v) is 1.05. The first-order chi connectivity index (χ1) is 5.18. The zero-order valence-electron chi connectivity index (χ0n) is 7.22. The molecule has 1 unspecified atom stereocenters. The van der Waals surface area contributed by atoms with Crippen LogP contribution in [0.2, 0.25) is 0 Å². The Morgan fingerprint density at radius 2 is 1.82 bits per heavy atom. The van der Waals surface area contributed by atoms with Crippen LogP contribution in [0.25, 0.3) is 0 Å². The van der Waals surface area contributed by atoms with Gasteiger partial charge in [0.25, 0.3) is 0 Å². The molecule has 60 valence electrons. The highest BCUT2D eigenvalue weighted by Crippen LogP contribution is 2.00. The molecular formula is C10H15N. The standard InChI is InChI=1S/C10H15N/c1-9-4-6-10(7-5-9)8-11(2)3/h4-7,11H,2,8H2,1,3H3. The maximum absolute atomic E-state index is 3.87. The number of quaternary nitrogens is 1. The van der Waals surface area contributed by atoms with Crippen molar-refractivity contribution in [3.63, 3.8) is 0 Å². The minimum Gasteiger partial charge on any atom is -0.467 e. The average Bonchev–Trinajstić information content (AvgIpc) is 1.93. The maximum Gasteiger partial charge on any atom is 0.0785 e. The second-order valence-electron chi connectivity index (χ2n) is 3.12. The highest BCUT2D eigenvalue weighted by Gasteiger charge is 1.92. The van der Waals surface area contributed by atoms with Crippen molar-refractivity contribution in [2.45, 2.75) is 13.5 Å². The summed E-state index contributed by atoms with van der Waals surface area (Å²) in [5.41, 5.74) is 2.67. The van der Waals surface area contributed by atoms with E-state index in [1.807, 2.05) is 0 Å². The monoisotopic (exact) mass is 149 g/mol. The molecule has 1 heteroatoms. The first-order valence-electron chi connectivity index (χ1n) is 3.88. The first kappa shape index (κ1) is 8.28. The number of hydrogen-bond acceptors (Lipinski definition) is 0. The van der Waals surface area contributed by atoms with Crippen LogP contribution in [0.3, 0.4) is 0 Å². The van der Waals surface area contributed by atoms with E-state index in [0.29, 0.717) is 0 Å². The van der Waals surface area contributed by atoms with Gasteiger partial charge in [-0.2, -0.15) is 7.05 Å². The lowest BCUT2D eigenvalue weighted by molar-refractivity contribution is -0.846. The molecule has 0 spiro atoms. The lowest BCUT2D eigenvalue weighted by Crippen LogP contribution is -3.01. The summed E-state index contributed by atoms with van der Waals surface area (Å²) in [4.78, 5) is 1.22. The first-order valence-corrected chi connectivity index (χ1v) is 3.88. The number of nitrogens with one attached hydrogen (secondary N) is 1. The van der Waals surface area contributed by atoms with Gasteiger partial charge in [-0.1, -0.05) is 29.8 Å². The summed E-state index contributed by atoms with van der Waals surface area (Å²) in [6.45, 7) is 3.10. The van der Waals surface area contributed by atoms with Crippen LogP contribution in [0.1, 0.15) is 11.1 Å². The van der Waals surface area contributed by atoms with Gasteiger partial charge < -0.3 is 4.90 Å². The van der Waals surface area contributed by atoms with Gasteiger partial charge in [-0.15, -0.1) is 0 Å². The summed E-state index contributed by atoms with van der Waals surface area (Å²) in [7, 11) is 5.93. The van der Waals surface area contributed by atoms with Crippen LogP contribution >= 0.6 is 0 Å². The van der Waals surface area contributed by atoms with Crippen LogP contribution in [-0.2, 0) is 6.54 Å². The fourth-order valence-electron chi connectivity index (χ4n) is 1.05. The van der Waals surface area contributed by atoms with Crippen LogP contribution < -0.4 is 4.90 Å². The van der Waals surface area contributed by atoms with E-state index in [0.717, 1.165) is 6.54 Å². The molecule has 0 amide bonds. The Hall–Kier alpha value is -0.820. The summed E-state index contributed by atoms with van der Waals surface area (Å²) in [6.07, 6.45) is 0. The van der Waals surface area contributed by atoms with Crippen molar-refractivity contribution in [1.82, 2.24) is 0 Å². The van der Waals surface area contributed by atoms with E-state index in [9.17, 15) is 0 Å². The molecule has 0 saturated heterocycles. The van der Waals surface area contributed by atoms with Gasteiger partial charge in [0.05, 0.1) is 6.54 Å². The molecule has 1 atom stereocenters.